The van der Waals surface area contributed by atoms with Gasteiger partial charge in [0, 0.05) is 0 Å². The number of aryl methyl sites for hydroxylation is 1. The molecule has 0 unspecified atom stereocenters. The molecule has 0 aromatic heterocycles. The molecule has 20 heavy (non-hydrogen) atoms. The Morgan fingerprint density at radius 2 is 1.85 bits per heavy atom. The van der Waals surface area contributed by atoms with Gasteiger partial charge in [0.1, 0.15) is 10.4 Å². The van der Waals surface area contributed by atoms with Gasteiger partial charge in [-0.3, -0.25) is 0 Å². The maximum atomic E-state index is 12.0. The summed E-state index contributed by atoms with van der Waals surface area (Å²) >= 11 is 0. The Morgan fingerprint density at radius 3 is 2.35 bits per heavy atom. The molecule has 0 aliphatic rings. The predicted molar refractivity (Wildman–Crippen MR) is 76.6 cm³/mol. The fourth-order valence-electron chi connectivity index (χ4n) is 1.59. The highest BCUT2D eigenvalue weighted by atomic mass is 32.2. The van der Waals surface area contributed by atoms with Crippen molar-refractivity contribution in [1.29, 1.82) is 0 Å². The molecule has 0 aliphatic heterocycles. The highest BCUT2D eigenvalue weighted by molar-refractivity contribution is 7.87. The summed E-state index contributed by atoms with van der Waals surface area (Å²) in [6.45, 7) is 5.28. The fraction of sp³-hybridized carbons (Fsp3) is 0.500. The largest absolute Gasteiger partial charge is 0.341 e. The molecule has 0 bridgehead atoms. The zero-order valence-corrected chi connectivity index (χ0v) is 12.9. The second-order valence-electron chi connectivity index (χ2n) is 5.16. The van der Waals surface area contributed by atoms with E-state index in [1.165, 1.54) is 19.1 Å². The standard InChI is InChI=1S/C14H21NO4S/c1-4-5-10-14(3,15)13(16)19-20(17,18)12-8-6-11(2)7-9-12/h6-9H,4-5,10,15H2,1-3H3/t14-/m0/s1. The van der Waals surface area contributed by atoms with E-state index in [-0.39, 0.29) is 4.90 Å². The van der Waals surface area contributed by atoms with Crippen LogP contribution in [-0.4, -0.2) is 19.9 Å². The number of unbranched alkanes of at least 4 members (excludes halogenated alkanes) is 1. The van der Waals surface area contributed by atoms with Gasteiger partial charge in [-0.25, -0.2) is 4.79 Å². The molecule has 5 nitrogen and oxygen atoms in total. The lowest BCUT2D eigenvalue weighted by atomic mass is 9.97. The smallest absolute Gasteiger partial charge is 0.340 e. The molecule has 0 amide bonds. The van der Waals surface area contributed by atoms with Crippen molar-refractivity contribution in [2.45, 2.75) is 50.5 Å². The first kappa shape index (κ1) is 16.7. The Hall–Kier alpha value is -1.40. The van der Waals surface area contributed by atoms with E-state index < -0.39 is 21.6 Å². The molecule has 2 N–H and O–H groups in total. The van der Waals surface area contributed by atoms with Crippen LogP contribution >= 0.6 is 0 Å². The molecule has 6 heteroatoms. The van der Waals surface area contributed by atoms with Crippen LogP contribution in [0.3, 0.4) is 0 Å². The average Bonchev–Trinajstić information content (AvgIpc) is 2.36. The number of carbonyl (C=O) groups is 1. The number of hydrogen-bond acceptors (Lipinski definition) is 5. The van der Waals surface area contributed by atoms with Crippen LogP contribution in [0.4, 0.5) is 0 Å². The topological polar surface area (TPSA) is 86.5 Å². The zero-order chi connectivity index (χ0) is 15.4. The summed E-state index contributed by atoms with van der Waals surface area (Å²) in [7, 11) is -4.11. The Morgan fingerprint density at radius 1 is 1.30 bits per heavy atom. The monoisotopic (exact) mass is 299 g/mol. The van der Waals surface area contributed by atoms with Gasteiger partial charge in [0.15, 0.2) is 0 Å². The van der Waals surface area contributed by atoms with Crippen molar-refractivity contribution in [3.05, 3.63) is 29.8 Å². The third-order valence-electron chi connectivity index (χ3n) is 3.01. The second-order valence-corrected chi connectivity index (χ2v) is 6.71. The molecule has 1 rings (SSSR count). The lowest BCUT2D eigenvalue weighted by Crippen LogP contribution is -2.46. The van der Waals surface area contributed by atoms with Crippen molar-refractivity contribution < 1.29 is 17.4 Å². The normalized spacial score (nSPS) is 14.6. The van der Waals surface area contributed by atoms with Crippen LogP contribution in [0.1, 0.15) is 38.7 Å². The summed E-state index contributed by atoms with van der Waals surface area (Å²) in [4.78, 5) is 11.8. The van der Waals surface area contributed by atoms with Gasteiger partial charge in [-0.05, 0) is 32.4 Å². The van der Waals surface area contributed by atoms with Gasteiger partial charge in [0.25, 0.3) is 0 Å². The molecule has 1 aromatic carbocycles. The first-order valence-corrected chi connectivity index (χ1v) is 7.94. The predicted octanol–water partition coefficient (Wildman–Crippen LogP) is 2.13. The summed E-state index contributed by atoms with van der Waals surface area (Å²) in [5.74, 6) is -0.925. The lowest BCUT2D eigenvalue weighted by Gasteiger charge is -2.21. The van der Waals surface area contributed by atoms with E-state index in [1.54, 1.807) is 12.1 Å². The highest BCUT2D eigenvalue weighted by Gasteiger charge is 2.33. The minimum atomic E-state index is -4.11. The van der Waals surface area contributed by atoms with E-state index in [2.05, 4.69) is 4.18 Å². The van der Waals surface area contributed by atoms with Crippen LogP contribution in [0.2, 0.25) is 0 Å². The molecule has 1 atom stereocenters. The molecule has 0 aliphatic carbocycles. The van der Waals surface area contributed by atoms with Crippen molar-refractivity contribution in [2.75, 3.05) is 0 Å². The molecule has 0 fully saturated rings. The lowest BCUT2D eigenvalue weighted by molar-refractivity contribution is -0.139. The fourth-order valence-corrected chi connectivity index (χ4v) is 2.55. The Balaban J connectivity index is 2.85. The molecule has 0 spiro atoms. The Labute approximate surface area is 120 Å². The van der Waals surface area contributed by atoms with Crippen molar-refractivity contribution in [3.8, 4) is 0 Å². The third-order valence-corrected chi connectivity index (χ3v) is 4.23. The molecular formula is C14H21NO4S. The number of rotatable bonds is 6. The van der Waals surface area contributed by atoms with Gasteiger partial charge in [-0.1, -0.05) is 37.5 Å². The van der Waals surface area contributed by atoms with Gasteiger partial charge in [-0.15, -0.1) is 0 Å². The summed E-state index contributed by atoms with van der Waals surface area (Å²) in [6.07, 6.45) is 1.98. The maximum Gasteiger partial charge on any atom is 0.341 e. The van der Waals surface area contributed by atoms with Crippen LogP contribution < -0.4 is 5.73 Å². The summed E-state index contributed by atoms with van der Waals surface area (Å²) in [6, 6.07) is 6.08. The van der Waals surface area contributed by atoms with Crippen LogP contribution in [0, 0.1) is 6.92 Å². The van der Waals surface area contributed by atoms with Crippen molar-refractivity contribution >= 4 is 16.1 Å². The molecule has 112 valence electrons. The van der Waals surface area contributed by atoms with Gasteiger partial charge in [0.2, 0.25) is 0 Å². The van der Waals surface area contributed by atoms with Crippen LogP contribution in [0.5, 0.6) is 0 Å². The van der Waals surface area contributed by atoms with E-state index in [9.17, 15) is 13.2 Å². The first-order valence-electron chi connectivity index (χ1n) is 6.53. The van der Waals surface area contributed by atoms with Crippen molar-refractivity contribution in [1.82, 2.24) is 0 Å². The van der Waals surface area contributed by atoms with Crippen LogP contribution in [0.25, 0.3) is 0 Å². The van der Waals surface area contributed by atoms with E-state index in [4.69, 9.17) is 5.73 Å². The quantitative estimate of drug-likeness (QED) is 0.813. The third kappa shape index (κ3) is 4.31. The van der Waals surface area contributed by atoms with Gasteiger partial charge in [-0.2, -0.15) is 8.42 Å². The van der Waals surface area contributed by atoms with Crippen LogP contribution in [-0.2, 0) is 19.1 Å². The second kappa shape index (κ2) is 6.37. The summed E-state index contributed by atoms with van der Waals surface area (Å²) < 4.78 is 28.6. The molecule has 0 saturated heterocycles. The van der Waals surface area contributed by atoms with Crippen LogP contribution in [0.15, 0.2) is 29.2 Å². The molecule has 1 aromatic rings. The summed E-state index contributed by atoms with van der Waals surface area (Å²) in [5, 5.41) is 0. The van der Waals surface area contributed by atoms with Gasteiger partial charge in [0.05, 0.1) is 0 Å². The summed E-state index contributed by atoms with van der Waals surface area (Å²) in [5.41, 5.74) is 5.44. The van der Waals surface area contributed by atoms with E-state index in [1.807, 2.05) is 13.8 Å². The highest BCUT2D eigenvalue weighted by Crippen LogP contribution is 2.18. The number of benzene rings is 1. The van der Waals surface area contributed by atoms with Crippen molar-refractivity contribution in [2.24, 2.45) is 5.73 Å². The molecule has 0 radical (unpaired) electrons. The van der Waals surface area contributed by atoms with E-state index >= 15 is 0 Å². The molecular weight excluding hydrogens is 278 g/mol. The molecule has 0 heterocycles. The minimum absolute atomic E-state index is 0.0530. The van der Waals surface area contributed by atoms with Gasteiger partial charge < -0.3 is 9.92 Å². The van der Waals surface area contributed by atoms with E-state index in [0.717, 1.165) is 18.4 Å². The first-order chi connectivity index (χ1) is 9.19. The zero-order valence-electron chi connectivity index (χ0n) is 12.0. The Kier molecular flexibility index (Phi) is 5.30. The average molecular weight is 299 g/mol. The van der Waals surface area contributed by atoms with Gasteiger partial charge >= 0.3 is 16.1 Å². The van der Waals surface area contributed by atoms with Crippen molar-refractivity contribution in [3.63, 3.8) is 0 Å². The molecule has 0 saturated carbocycles. The Bertz CT molecular complexity index is 561. The minimum Gasteiger partial charge on any atom is -0.340 e. The number of hydrogen-bond donors (Lipinski definition) is 1. The number of nitrogens with two attached hydrogens (primary N) is 1. The number of carbonyl (C=O) groups excluding carboxylic acids is 1. The SMILES string of the molecule is CCCC[C@](C)(N)C(=O)OS(=O)(=O)c1ccc(C)cc1. The maximum absolute atomic E-state index is 12.0. The van der Waals surface area contributed by atoms with E-state index in [0.29, 0.717) is 6.42 Å².